The van der Waals surface area contributed by atoms with Gasteiger partial charge in [-0.3, -0.25) is 0 Å². The molecule has 0 fully saturated rings. The summed E-state index contributed by atoms with van der Waals surface area (Å²) in [6, 6.07) is 5.34. The molecule has 0 unspecified atom stereocenters. The highest BCUT2D eigenvalue weighted by Gasteiger charge is 2.48. The van der Waals surface area contributed by atoms with E-state index in [9.17, 15) is 18.0 Å². The van der Waals surface area contributed by atoms with Crippen LogP contribution in [0.4, 0.5) is 0 Å². The lowest BCUT2D eigenvalue weighted by Gasteiger charge is -2.24. The summed E-state index contributed by atoms with van der Waals surface area (Å²) < 4.78 is 27.6. The topological polar surface area (TPSA) is 118 Å². The van der Waals surface area contributed by atoms with Gasteiger partial charge in [0.25, 0.3) is 5.60 Å². The summed E-state index contributed by atoms with van der Waals surface area (Å²) in [5.74, 6) is -3.21. The quantitative estimate of drug-likeness (QED) is 0.706. The van der Waals surface area contributed by atoms with Gasteiger partial charge in [-0.2, -0.15) is 0 Å². The lowest BCUT2D eigenvalue weighted by molar-refractivity contribution is -0.182. The van der Waals surface area contributed by atoms with E-state index in [0.717, 1.165) is 6.26 Å². The fraction of sp³-hybridized carbons (Fsp3) is 0.385. The van der Waals surface area contributed by atoms with Crippen LogP contribution in [0.15, 0.2) is 29.2 Å². The highest BCUT2D eigenvalue weighted by atomic mass is 32.2. The van der Waals surface area contributed by atoms with Gasteiger partial charge in [0.1, 0.15) is 0 Å². The molecule has 21 heavy (non-hydrogen) atoms. The van der Waals surface area contributed by atoms with E-state index in [4.69, 9.17) is 14.9 Å². The number of ether oxygens (including phenoxy) is 1. The van der Waals surface area contributed by atoms with E-state index >= 15 is 0 Å². The lowest BCUT2D eigenvalue weighted by Crippen LogP contribution is -2.51. The predicted octanol–water partition coefficient (Wildman–Crippen LogP) is 0.577. The van der Waals surface area contributed by atoms with Gasteiger partial charge in [0.2, 0.25) is 0 Å². The zero-order chi connectivity index (χ0) is 16.3. The highest BCUT2D eigenvalue weighted by Crippen LogP contribution is 2.21. The first-order valence-corrected chi connectivity index (χ1v) is 7.92. The summed E-state index contributed by atoms with van der Waals surface area (Å²) in [6.07, 6.45) is 0.635. The smallest absolute Gasteiger partial charge is 0.348 e. The Bertz CT molecular complexity index is 617. The van der Waals surface area contributed by atoms with Crippen molar-refractivity contribution in [1.29, 1.82) is 0 Å². The Morgan fingerprint density at radius 3 is 1.95 bits per heavy atom. The molecule has 1 aromatic rings. The average molecular weight is 316 g/mol. The van der Waals surface area contributed by atoms with Crippen molar-refractivity contribution in [2.75, 3.05) is 12.9 Å². The number of hydrogen-bond acceptors (Lipinski definition) is 5. The number of carboxylic acids is 2. The SMILES string of the molecule is CCOC(Cc1ccc(S(C)(=O)=O)cc1)(C(=O)O)C(=O)O. The normalized spacial score (nSPS) is 12.1. The molecule has 116 valence electrons. The van der Waals surface area contributed by atoms with Crippen molar-refractivity contribution in [2.24, 2.45) is 0 Å². The van der Waals surface area contributed by atoms with Gasteiger partial charge >= 0.3 is 11.9 Å². The number of carboxylic acid groups (broad SMARTS) is 2. The predicted molar refractivity (Wildman–Crippen MR) is 72.9 cm³/mol. The van der Waals surface area contributed by atoms with Gasteiger partial charge < -0.3 is 14.9 Å². The number of rotatable bonds is 7. The first-order chi connectivity index (χ1) is 9.63. The second-order valence-corrected chi connectivity index (χ2v) is 6.48. The summed E-state index contributed by atoms with van der Waals surface area (Å²) in [5, 5.41) is 18.3. The number of aliphatic carboxylic acids is 2. The number of sulfone groups is 1. The fourth-order valence-electron chi connectivity index (χ4n) is 1.81. The lowest BCUT2D eigenvalue weighted by atomic mass is 9.94. The molecule has 0 saturated heterocycles. The molecule has 1 aromatic carbocycles. The van der Waals surface area contributed by atoms with Crippen LogP contribution in [0.1, 0.15) is 12.5 Å². The van der Waals surface area contributed by atoms with Gasteiger partial charge in [0, 0.05) is 19.3 Å². The molecule has 0 aromatic heterocycles. The van der Waals surface area contributed by atoms with E-state index in [0.29, 0.717) is 5.56 Å². The van der Waals surface area contributed by atoms with E-state index in [-0.39, 0.29) is 11.5 Å². The molecule has 7 nitrogen and oxygen atoms in total. The van der Waals surface area contributed by atoms with E-state index < -0.39 is 33.8 Å². The maximum atomic E-state index is 11.3. The first kappa shape index (κ1) is 17.1. The van der Waals surface area contributed by atoms with Crippen LogP contribution in [0.25, 0.3) is 0 Å². The minimum Gasteiger partial charge on any atom is -0.479 e. The molecule has 0 aliphatic rings. The first-order valence-electron chi connectivity index (χ1n) is 6.03. The van der Waals surface area contributed by atoms with Gasteiger partial charge in [0.15, 0.2) is 9.84 Å². The van der Waals surface area contributed by atoms with E-state index in [1.165, 1.54) is 31.2 Å². The number of hydrogen-bond donors (Lipinski definition) is 2. The molecule has 0 radical (unpaired) electrons. The van der Waals surface area contributed by atoms with Gasteiger partial charge in [-0.15, -0.1) is 0 Å². The van der Waals surface area contributed by atoms with Gasteiger partial charge in [0.05, 0.1) is 4.90 Å². The maximum absolute atomic E-state index is 11.3. The molecule has 0 spiro atoms. The van der Waals surface area contributed by atoms with E-state index in [1.54, 1.807) is 0 Å². The second-order valence-electron chi connectivity index (χ2n) is 4.46. The summed E-state index contributed by atoms with van der Waals surface area (Å²) in [6.45, 7) is 1.41. The van der Waals surface area contributed by atoms with Crippen molar-refractivity contribution in [3.63, 3.8) is 0 Å². The third-order valence-electron chi connectivity index (χ3n) is 2.89. The highest BCUT2D eigenvalue weighted by molar-refractivity contribution is 7.90. The van der Waals surface area contributed by atoms with Crippen molar-refractivity contribution in [2.45, 2.75) is 23.8 Å². The molecular weight excluding hydrogens is 300 g/mol. The van der Waals surface area contributed by atoms with E-state index in [1.807, 2.05) is 0 Å². The molecule has 0 aliphatic carbocycles. The molecule has 0 aliphatic heterocycles. The Morgan fingerprint density at radius 1 is 1.14 bits per heavy atom. The Labute approximate surface area is 122 Å². The van der Waals surface area contributed by atoms with E-state index in [2.05, 4.69) is 0 Å². The number of benzene rings is 1. The minimum absolute atomic E-state index is 0.0684. The molecule has 1 rings (SSSR count). The van der Waals surface area contributed by atoms with Crippen LogP contribution in [-0.4, -0.2) is 49.0 Å². The van der Waals surface area contributed by atoms with Crippen LogP contribution < -0.4 is 0 Å². The number of carbonyl (C=O) groups is 2. The van der Waals surface area contributed by atoms with Crippen LogP contribution in [0.2, 0.25) is 0 Å². The Kier molecular flexibility index (Phi) is 5.08. The van der Waals surface area contributed by atoms with Gasteiger partial charge in [-0.1, -0.05) is 12.1 Å². The Hall–Kier alpha value is -1.93. The molecule has 8 heteroatoms. The maximum Gasteiger partial charge on any atom is 0.348 e. The third-order valence-corrected chi connectivity index (χ3v) is 4.01. The van der Waals surface area contributed by atoms with Crippen LogP contribution >= 0.6 is 0 Å². The van der Waals surface area contributed by atoms with Crippen LogP contribution in [-0.2, 0) is 30.6 Å². The van der Waals surface area contributed by atoms with Crippen LogP contribution in [0.5, 0.6) is 0 Å². The van der Waals surface area contributed by atoms with Crippen molar-refractivity contribution in [1.82, 2.24) is 0 Å². The van der Waals surface area contributed by atoms with Crippen LogP contribution in [0, 0.1) is 0 Å². The largest absolute Gasteiger partial charge is 0.479 e. The minimum atomic E-state index is -3.37. The molecular formula is C13H16O7S. The Balaban J connectivity index is 3.16. The van der Waals surface area contributed by atoms with Crippen LogP contribution in [0.3, 0.4) is 0 Å². The Morgan fingerprint density at radius 2 is 1.62 bits per heavy atom. The molecule has 0 saturated carbocycles. The molecule has 0 bridgehead atoms. The molecule has 2 N–H and O–H groups in total. The molecule has 0 heterocycles. The summed E-state index contributed by atoms with van der Waals surface area (Å²) in [5.41, 5.74) is -2.04. The van der Waals surface area contributed by atoms with Crippen molar-refractivity contribution >= 4 is 21.8 Å². The molecule has 0 atom stereocenters. The van der Waals surface area contributed by atoms with Gasteiger partial charge in [-0.05, 0) is 24.6 Å². The van der Waals surface area contributed by atoms with Crippen molar-refractivity contribution in [3.05, 3.63) is 29.8 Å². The van der Waals surface area contributed by atoms with Crippen molar-refractivity contribution in [3.8, 4) is 0 Å². The summed E-state index contributed by atoms with van der Waals surface area (Å²) in [7, 11) is -3.37. The monoisotopic (exact) mass is 316 g/mol. The third kappa shape index (κ3) is 3.79. The zero-order valence-corrected chi connectivity index (χ0v) is 12.4. The summed E-state index contributed by atoms with van der Waals surface area (Å²) >= 11 is 0. The molecule has 0 amide bonds. The fourth-order valence-corrected chi connectivity index (χ4v) is 2.44. The van der Waals surface area contributed by atoms with Crippen molar-refractivity contribution < 1.29 is 33.0 Å². The summed E-state index contributed by atoms with van der Waals surface area (Å²) in [4.78, 5) is 22.6. The average Bonchev–Trinajstić information content (AvgIpc) is 2.37. The standard InChI is InChI=1S/C13H16O7S/c1-3-20-13(11(14)15,12(16)17)8-9-4-6-10(7-5-9)21(2,18)19/h4-7H,3,8H2,1-2H3,(H,14,15)(H,16,17). The zero-order valence-electron chi connectivity index (χ0n) is 11.6. The van der Waals surface area contributed by atoms with Gasteiger partial charge in [-0.25, -0.2) is 18.0 Å². The second kappa shape index (κ2) is 6.23.